The quantitative estimate of drug-likeness (QED) is 0.393. The molecule has 1 heterocycles. The smallest absolute Gasteiger partial charge is 0.391 e. The number of aliphatic hydroxyl groups excluding tert-OH is 1. The van der Waals surface area contributed by atoms with Crippen LogP contribution in [0.1, 0.15) is 54.6 Å². The standard InChI is InChI=1S/C24H30F3N3O4/c1-23(2,34)10-8-16(21(28)32)13-20(31)19(12-15-6-4-3-5-7-15)30-22(33)17-14-29-11-9-18(17)24(25,26)27/h3-7,9,11,14,16,19-20,31,34H,8,10,12-13H2,1-2H3,(H2,28,32)(H,30,33)/t16-,19+,20+/m1/s1. The molecule has 10 heteroatoms. The molecule has 5 N–H and O–H groups in total. The lowest BCUT2D eigenvalue weighted by molar-refractivity contribution is -0.138. The second kappa shape index (κ2) is 11.4. The molecule has 1 aromatic carbocycles. The number of primary amides is 1. The topological polar surface area (TPSA) is 126 Å². The second-order valence-corrected chi connectivity index (χ2v) is 8.94. The number of carbonyl (C=O) groups is 2. The van der Waals surface area contributed by atoms with E-state index in [1.54, 1.807) is 44.2 Å². The number of alkyl halides is 3. The van der Waals surface area contributed by atoms with E-state index in [4.69, 9.17) is 5.73 Å². The number of aliphatic hydroxyl groups is 2. The van der Waals surface area contributed by atoms with Gasteiger partial charge in [-0.15, -0.1) is 0 Å². The van der Waals surface area contributed by atoms with E-state index in [1.165, 1.54) is 0 Å². The number of amides is 2. The monoisotopic (exact) mass is 481 g/mol. The second-order valence-electron chi connectivity index (χ2n) is 8.94. The lowest BCUT2D eigenvalue weighted by Crippen LogP contribution is -2.47. The molecule has 0 fully saturated rings. The number of carbonyl (C=O) groups excluding carboxylic acids is 2. The molecule has 0 saturated heterocycles. The van der Waals surface area contributed by atoms with E-state index >= 15 is 0 Å². The minimum Gasteiger partial charge on any atom is -0.391 e. The molecule has 1 aromatic heterocycles. The summed E-state index contributed by atoms with van der Waals surface area (Å²) in [5.41, 5.74) is 3.33. The Morgan fingerprint density at radius 1 is 1.15 bits per heavy atom. The van der Waals surface area contributed by atoms with Gasteiger partial charge in [0.15, 0.2) is 0 Å². The summed E-state index contributed by atoms with van der Waals surface area (Å²) < 4.78 is 40.1. The number of pyridine rings is 1. The summed E-state index contributed by atoms with van der Waals surface area (Å²) in [5.74, 6) is -2.53. The van der Waals surface area contributed by atoms with Gasteiger partial charge in [0.05, 0.1) is 28.9 Å². The molecule has 0 aliphatic heterocycles. The predicted octanol–water partition coefficient (Wildman–Crippen LogP) is 2.85. The van der Waals surface area contributed by atoms with Crippen molar-refractivity contribution in [2.75, 3.05) is 0 Å². The molecule has 0 bridgehead atoms. The SMILES string of the molecule is CC(C)(O)CC[C@H](C[C@H](O)[C@H](Cc1ccccc1)NC(=O)c1cnccc1C(F)(F)F)C(N)=O. The summed E-state index contributed by atoms with van der Waals surface area (Å²) in [6, 6.07) is 8.46. The first-order valence-electron chi connectivity index (χ1n) is 10.8. The molecular formula is C24H30F3N3O4. The van der Waals surface area contributed by atoms with Gasteiger partial charge in [0.1, 0.15) is 0 Å². The molecule has 2 aromatic rings. The summed E-state index contributed by atoms with van der Waals surface area (Å²) in [5, 5.41) is 23.4. The van der Waals surface area contributed by atoms with Gasteiger partial charge in [0.25, 0.3) is 5.91 Å². The van der Waals surface area contributed by atoms with Crippen LogP contribution in [0.4, 0.5) is 13.2 Å². The van der Waals surface area contributed by atoms with Crippen molar-refractivity contribution in [3.8, 4) is 0 Å². The van der Waals surface area contributed by atoms with Crippen molar-refractivity contribution in [1.82, 2.24) is 10.3 Å². The number of nitrogens with one attached hydrogen (secondary N) is 1. The highest BCUT2D eigenvalue weighted by atomic mass is 19.4. The van der Waals surface area contributed by atoms with E-state index in [0.717, 1.165) is 18.0 Å². The zero-order chi connectivity index (χ0) is 25.5. The Labute approximate surface area is 196 Å². The Kier molecular flexibility index (Phi) is 9.17. The van der Waals surface area contributed by atoms with E-state index in [0.29, 0.717) is 6.07 Å². The normalized spacial score (nSPS) is 14.8. The van der Waals surface area contributed by atoms with Crippen LogP contribution in [0.15, 0.2) is 48.8 Å². The molecule has 34 heavy (non-hydrogen) atoms. The minimum absolute atomic E-state index is 0.104. The van der Waals surface area contributed by atoms with Crippen molar-refractivity contribution in [1.29, 1.82) is 0 Å². The van der Waals surface area contributed by atoms with Crippen LogP contribution in [0.2, 0.25) is 0 Å². The van der Waals surface area contributed by atoms with Gasteiger partial charge in [0, 0.05) is 18.3 Å². The van der Waals surface area contributed by atoms with Gasteiger partial charge in [-0.3, -0.25) is 14.6 Å². The lowest BCUT2D eigenvalue weighted by atomic mass is 9.87. The van der Waals surface area contributed by atoms with Gasteiger partial charge < -0.3 is 21.3 Å². The fraction of sp³-hybridized carbons (Fsp3) is 0.458. The maximum absolute atomic E-state index is 13.4. The average Bonchev–Trinajstić information content (AvgIpc) is 2.75. The van der Waals surface area contributed by atoms with Gasteiger partial charge >= 0.3 is 6.18 Å². The number of hydrogen-bond acceptors (Lipinski definition) is 5. The van der Waals surface area contributed by atoms with E-state index in [9.17, 15) is 33.0 Å². The highest BCUT2D eigenvalue weighted by Crippen LogP contribution is 2.31. The summed E-state index contributed by atoms with van der Waals surface area (Å²) in [7, 11) is 0. The summed E-state index contributed by atoms with van der Waals surface area (Å²) in [6.45, 7) is 3.15. The van der Waals surface area contributed by atoms with Gasteiger partial charge in [-0.25, -0.2) is 0 Å². The first kappa shape index (κ1) is 27.3. The van der Waals surface area contributed by atoms with Crippen LogP contribution < -0.4 is 11.1 Å². The first-order chi connectivity index (χ1) is 15.8. The number of hydrogen-bond donors (Lipinski definition) is 4. The lowest BCUT2D eigenvalue weighted by Gasteiger charge is -2.28. The number of benzene rings is 1. The van der Waals surface area contributed by atoms with Crippen molar-refractivity contribution < 1.29 is 33.0 Å². The number of aromatic nitrogens is 1. The number of rotatable bonds is 11. The van der Waals surface area contributed by atoms with Crippen molar-refractivity contribution in [3.63, 3.8) is 0 Å². The third-order valence-corrected chi connectivity index (χ3v) is 5.48. The Bertz CT molecular complexity index is 962. The van der Waals surface area contributed by atoms with Crippen molar-refractivity contribution >= 4 is 11.8 Å². The van der Waals surface area contributed by atoms with Crippen molar-refractivity contribution in [2.24, 2.45) is 11.7 Å². The number of halogens is 3. The van der Waals surface area contributed by atoms with Crippen molar-refractivity contribution in [2.45, 2.75) is 63.5 Å². The third kappa shape index (κ3) is 8.42. The zero-order valence-corrected chi connectivity index (χ0v) is 19.0. The molecule has 2 rings (SSSR count). The predicted molar refractivity (Wildman–Crippen MR) is 119 cm³/mol. The minimum atomic E-state index is -4.77. The largest absolute Gasteiger partial charge is 0.417 e. The molecule has 186 valence electrons. The number of nitrogens with two attached hydrogens (primary N) is 1. The van der Waals surface area contributed by atoms with Gasteiger partial charge in [-0.2, -0.15) is 13.2 Å². The summed E-state index contributed by atoms with van der Waals surface area (Å²) >= 11 is 0. The van der Waals surface area contributed by atoms with E-state index in [1.807, 2.05) is 0 Å². The van der Waals surface area contributed by atoms with Crippen LogP contribution in [0.3, 0.4) is 0 Å². The Morgan fingerprint density at radius 2 is 1.79 bits per heavy atom. The molecule has 0 unspecified atom stereocenters. The van der Waals surface area contributed by atoms with Crippen LogP contribution in [0.25, 0.3) is 0 Å². The third-order valence-electron chi connectivity index (χ3n) is 5.48. The Hall–Kier alpha value is -2.98. The number of nitrogens with zero attached hydrogens (tertiary/aromatic N) is 1. The highest BCUT2D eigenvalue weighted by molar-refractivity contribution is 5.95. The van der Waals surface area contributed by atoms with Crippen LogP contribution in [-0.2, 0) is 17.4 Å². The molecule has 0 saturated carbocycles. The molecule has 7 nitrogen and oxygen atoms in total. The van der Waals surface area contributed by atoms with Gasteiger partial charge in [0.2, 0.25) is 5.91 Å². The van der Waals surface area contributed by atoms with Crippen LogP contribution in [-0.4, -0.2) is 44.8 Å². The van der Waals surface area contributed by atoms with E-state index in [-0.39, 0.29) is 25.7 Å². The van der Waals surface area contributed by atoms with Crippen LogP contribution >= 0.6 is 0 Å². The van der Waals surface area contributed by atoms with Crippen LogP contribution in [0, 0.1) is 5.92 Å². The van der Waals surface area contributed by atoms with E-state index < -0.39 is 52.8 Å². The molecule has 2 amide bonds. The van der Waals surface area contributed by atoms with E-state index in [2.05, 4.69) is 10.3 Å². The molecular weight excluding hydrogens is 451 g/mol. The highest BCUT2D eigenvalue weighted by Gasteiger charge is 2.36. The fourth-order valence-corrected chi connectivity index (χ4v) is 3.58. The molecule has 0 radical (unpaired) electrons. The maximum atomic E-state index is 13.4. The van der Waals surface area contributed by atoms with Crippen molar-refractivity contribution in [3.05, 3.63) is 65.5 Å². The zero-order valence-electron chi connectivity index (χ0n) is 19.0. The van der Waals surface area contributed by atoms with Gasteiger partial charge in [-0.05, 0) is 51.2 Å². The van der Waals surface area contributed by atoms with Crippen LogP contribution in [0.5, 0.6) is 0 Å². The fourth-order valence-electron chi connectivity index (χ4n) is 3.58. The summed E-state index contributed by atoms with van der Waals surface area (Å²) in [6.07, 6.45) is -3.90. The Morgan fingerprint density at radius 3 is 2.35 bits per heavy atom. The maximum Gasteiger partial charge on any atom is 0.417 e. The Balaban J connectivity index is 2.27. The molecule has 0 aliphatic rings. The first-order valence-corrected chi connectivity index (χ1v) is 10.8. The van der Waals surface area contributed by atoms with Gasteiger partial charge in [-0.1, -0.05) is 30.3 Å². The molecule has 0 spiro atoms. The molecule has 0 aliphatic carbocycles. The molecule has 3 atom stereocenters. The average molecular weight is 482 g/mol. The summed E-state index contributed by atoms with van der Waals surface area (Å²) in [4.78, 5) is 28.4.